The predicted octanol–water partition coefficient (Wildman–Crippen LogP) is 4.11. The third-order valence-electron chi connectivity index (χ3n) is 5.07. The minimum atomic E-state index is 0.455. The first kappa shape index (κ1) is 24.7. The van der Waals surface area contributed by atoms with Crippen LogP contribution in [0.2, 0.25) is 0 Å². The molecule has 0 fully saturated rings. The van der Waals surface area contributed by atoms with Crippen LogP contribution in [-0.2, 0) is 22.6 Å². The van der Waals surface area contributed by atoms with Crippen molar-refractivity contribution in [2.45, 2.75) is 39.3 Å². The minimum absolute atomic E-state index is 0.455. The van der Waals surface area contributed by atoms with Crippen molar-refractivity contribution in [2.75, 3.05) is 40.5 Å². The highest BCUT2D eigenvalue weighted by molar-refractivity contribution is 5.79. The molecule has 1 atom stereocenters. The number of ether oxygens (including phenoxy) is 3. The molecule has 0 radical (unpaired) electrons. The molecule has 0 saturated heterocycles. The Balaban J connectivity index is 1.72. The molecule has 0 aliphatic heterocycles. The van der Waals surface area contributed by atoms with E-state index in [-0.39, 0.29) is 0 Å². The zero-order valence-corrected chi connectivity index (χ0v) is 19.3. The van der Waals surface area contributed by atoms with E-state index in [9.17, 15) is 0 Å². The van der Waals surface area contributed by atoms with Crippen molar-refractivity contribution in [3.05, 3.63) is 65.2 Å². The monoisotopic (exact) mass is 427 g/mol. The molecule has 2 aromatic carbocycles. The fraction of sp³-hybridized carbons (Fsp3) is 0.480. The first-order valence-corrected chi connectivity index (χ1v) is 11.0. The lowest BCUT2D eigenvalue weighted by atomic mass is 9.98. The van der Waals surface area contributed by atoms with Crippen LogP contribution in [0.1, 0.15) is 42.9 Å². The van der Waals surface area contributed by atoms with Gasteiger partial charge in [-0.05, 0) is 48.1 Å². The highest BCUT2D eigenvalue weighted by atomic mass is 16.5. The van der Waals surface area contributed by atoms with E-state index in [0.717, 1.165) is 36.8 Å². The van der Waals surface area contributed by atoms with E-state index in [4.69, 9.17) is 14.2 Å². The van der Waals surface area contributed by atoms with Crippen molar-refractivity contribution in [3.63, 3.8) is 0 Å². The van der Waals surface area contributed by atoms with Crippen LogP contribution >= 0.6 is 0 Å². The second-order valence-electron chi connectivity index (χ2n) is 7.38. The highest BCUT2D eigenvalue weighted by Gasteiger charge is 2.07. The summed E-state index contributed by atoms with van der Waals surface area (Å²) in [6.45, 7) is 8.35. The smallest absolute Gasteiger partial charge is 0.191 e. The lowest BCUT2D eigenvalue weighted by molar-refractivity contribution is 0.0453. The number of guanidine groups is 1. The maximum atomic E-state index is 5.66. The van der Waals surface area contributed by atoms with Gasteiger partial charge in [-0.2, -0.15) is 0 Å². The van der Waals surface area contributed by atoms with Gasteiger partial charge in [0.2, 0.25) is 0 Å². The fourth-order valence-corrected chi connectivity index (χ4v) is 3.19. The number of hydrogen-bond acceptors (Lipinski definition) is 4. The zero-order valence-electron chi connectivity index (χ0n) is 19.3. The number of hydrogen-bond donors (Lipinski definition) is 2. The second-order valence-corrected chi connectivity index (χ2v) is 7.38. The van der Waals surface area contributed by atoms with Gasteiger partial charge in [-0.1, -0.05) is 43.3 Å². The van der Waals surface area contributed by atoms with E-state index in [1.165, 1.54) is 11.1 Å². The third kappa shape index (κ3) is 9.40. The SMILES string of the molecule is CCOCCOCc1cccc(CNC(=NC)NCCC(C)c2ccc(OC)cc2)c1. The third-order valence-corrected chi connectivity index (χ3v) is 5.07. The summed E-state index contributed by atoms with van der Waals surface area (Å²) in [4.78, 5) is 4.34. The summed E-state index contributed by atoms with van der Waals surface area (Å²) < 4.78 is 16.2. The van der Waals surface area contributed by atoms with E-state index in [1.54, 1.807) is 14.2 Å². The molecule has 0 heterocycles. The molecule has 0 aliphatic rings. The molecule has 170 valence electrons. The van der Waals surface area contributed by atoms with E-state index in [2.05, 4.69) is 58.9 Å². The second kappa shape index (κ2) is 14.4. The minimum Gasteiger partial charge on any atom is -0.497 e. The lowest BCUT2D eigenvalue weighted by Gasteiger charge is -2.16. The van der Waals surface area contributed by atoms with Gasteiger partial charge in [0.05, 0.1) is 26.9 Å². The van der Waals surface area contributed by atoms with Crippen LogP contribution < -0.4 is 15.4 Å². The maximum Gasteiger partial charge on any atom is 0.191 e. The summed E-state index contributed by atoms with van der Waals surface area (Å²) in [5, 5.41) is 6.79. The Kier molecular flexibility index (Phi) is 11.5. The molecule has 2 N–H and O–H groups in total. The molecule has 0 aliphatic carbocycles. The average molecular weight is 428 g/mol. The van der Waals surface area contributed by atoms with Crippen molar-refractivity contribution in [1.29, 1.82) is 0 Å². The van der Waals surface area contributed by atoms with Crippen LogP contribution in [0.5, 0.6) is 5.75 Å². The lowest BCUT2D eigenvalue weighted by Crippen LogP contribution is -2.37. The zero-order chi connectivity index (χ0) is 22.3. The Morgan fingerprint density at radius 3 is 2.45 bits per heavy atom. The molecule has 0 spiro atoms. The molecule has 6 nitrogen and oxygen atoms in total. The summed E-state index contributed by atoms with van der Waals surface area (Å²) in [6, 6.07) is 16.7. The fourth-order valence-electron chi connectivity index (χ4n) is 3.19. The van der Waals surface area contributed by atoms with Gasteiger partial charge in [-0.15, -0.1) is 0 Å². The van der Waals surface area contributed by atoms with Gasteiger partial charge < -0.3 is 24.8 Å². The van der Waals surface area contributed by atoms with E-state index >= 15 is 0 Å². The van der Waals surface area contributed by atoms with Crippen LogP contribution in [0.25, 0.3) is 0 Å². The number of benzene rings is 2. The van der Waals surface area contributed by atoms with Crippen LogP contribution in [0.3, 0.4) is 0 Å². The quantitative estimate of drug-likeness (QED) is 0.286. The molecule has 0 bridgehead atoms. The number of nitrogens with one attached hydrogen (secondary N) is 2. The van der Waals surface area contributed by atoms with Gasteiger partial charge in [0.15, 0.2) is 5.96 Å². The van der Waals surface area contributed by atoms with E-state index < -0.39 is 0 Å². The number of aliphatic imine (C=N–C) groups is 1. The van der Waals surface area contributed by atoms with Crippen molar-refractivity contribution < 1.29 is 14.2 Å². The molecule has 0 saturated carbocycles. The van der Waals surface area contributed by atoms with E-state index in [0.29, 0.717) is 32.3 Å². The summed E-state index contributed by atoms with van der Waals surface area (Å²) in [5.41, 5.74) is 3.67. The first-order valence-electron chi connectivity index (χ1n) is 11.0. The van der Waals surface area contributed by atoms with Gasteiger partial charge in [0, 0.05) is 26.7 Å². The summed E-state index contributed by atoms with van der Waals surface area (Å²) in [7, 11) is 3.49. The standard InChI is InChI=1S/C25H37N3O3/c1-5-30-15-16-31-19-22-8-6-7-21(17-22)18-28-25(26-3)27-14-13-20(2)23-9-11-24(29-4)12-10-23/h6-12,17,20H,5,13-16,18-19H2,1-4H3,(H2,26,27,28). The van der Waals surface area contributed by atoms with Gasteiger partial charge in [0.25, 0.3) is 0 Å². The summed E-state index contributed by atoms with van der Waals surface area (Å²) >= 11 is 0. The van der Waals surface area contributed by atoms with Gasteiger partial charge in [0.1, 0.15) is 5.75 Å². The molecule has 2 aromatic rings. The van der Waals surface area contributed by atoms with Gasteiger partial charge >= 0.3 is 0 Å². The van der Waals surface area contributed by atoms with Crippen LogP contribution in [-0.4, -0.2) is 46.5 Å². The first-order chi connectivity index (χ1) is 15.2. The van der Waals surface area contributed by atoms with Crippen LogP contribution in [0.15, 0.2) is 53.5 Å². The predicted molar refractivity (Wildman–Crippen MR) is 127 cm³/mol. The molecule has 1 unspecified atom stereocenters. The van der Waals surface area contributed by atoms with Crippen molar-refractivity contribution in [2.24, 2.45) is 4.99 Å². The Labute approximate surface area is 187 Å². The molecule has 0 aromatic heterocycles. The molecule has 31 heavy (non-hydrogen) atoms. The Bertz CT molecular complexity index is 778. The topological polar surface area (TPSA) is 64.1 Å². The van der Waals surface area contributed by atoms with Crippen molar-refractivity contribution >= 4 is 5.96 Å². The summed E-state index contributed by atoms with van der Waals surface area (Å²) in [6.07, 6.45) is 1.02. The normalized spacial score (nSPS) is 12.5. The van der Waals surface area contributed by atoms with Gasteiger partial charge in [-0.25, -0.2) is 0 Å². The van der Waals surface area contributed by atoms with Crippen LogP contribution in [0.4, 0.5) is 0 Å². The average Bonchev–Trinajstić information content (AvgIpc) is 2.81. The molecular formula is C25H37N3O3. The Morgan fingerprint density at radius 1 is 1.00 bits per heavy atom. The van der Waals surface area contributed by atoms with Crippen molar-refractivity contribution in [3.8, 4) is 5.75 Å². The Hall–Kier alpha value is -2.57. The number of methoxy groups -OCH3 is 1. The molecule has 2 rings (SSSR count). The molecule has 6 heteroatoms. The molecule has 0 amide bonds. The number of rotatable bonds is 13. The molecular weight excluding hydrogens is 390 g/mol. The summed E-state index contributed by atoms with van der Waals surface area (Å²) in [5.74, 6) is 2.15. The largest absolute Gasteiger partial charge is 0.497 e. The van der Waals surface area contributed by atoms with Crippen molar-refractivity contribution in [1.82, 2.24) is 10.6 Å². The maximum absolute atomic E-state index is 5.66. The van der Waals surface area contributed by atoms with Gasteiger partial charge in [-0.3, -0.25) is 4.99 Å². The van der Waals surface area contributed by atoms with Crippen LogP contribution in [0, 0.1) is 0 Å². The highest BCUT2D eigenvalue weighted by Crippen LogP contribution is 2.21. The number of nitrogens with zero attached hydrogens (tertiary/aromatic N) is 1. The van der Waals surface area contributed by atoms with E-state index in [1.807, 2.05) is 19.1 Å². The Morgan fingerprint density at radius 2 is 1.74 bits per heavy atom.